The van der Waals surface area contributed by atoms with E-state index in [0.717, 1.165) is 31.1 Å². The largest absolute Gasteiger partial charge is 0.461 e. The predicted octanol–water partition coefficient (Wildman–Crippen LogP) is 4.06. The van der Waals surface area contributed by atoms with Crippen LogP contribution in [-0.4, -0.2) is 17.9 Å². The number of carbonyl (C=O) groups excluding carboxylic acids is 2. The van der Waals surface area contributed by atoms with Crippen molar-refractivity contribution in [1.82, 2.24) is 0 Å². The minimum absolute atomic E-state index is 0.0263. The summed E-state index contributed by atoms with van der Waals surface area (Å²) >= 11 is 0. The molecular weight excluding hydrogens is 300 g/mol. The van der Waals surface area contributed by atoms with Crippen molar-refractivity contribution in [3.63, 3.8) is 0 Å². The molecule has 1 saturated heterocycles. The Balaban J connectivity index is 1.48. The molecule has 0 radical (unpaired) electrons. The van der Waals surface area contributed by atoms with E-state index in [9.17, 15) is 9.59 Å². The van der Waals surface area contributed by atoms with Crippen LogP contribution in [0, 0.1) is 34.5 Å². The average Bonchev–Trinajstić information content (AvgIpc) is 3.03. The highest BCUT2D eigenvalue weighted by Crippen LogP contribution is 2.67. The van der Waals surface area contributed by atoms with E-state index in [-0.39, 0.29) is 22.9 Å². The third-order valence-electron chi connectivity index (χ3n) is 8.72. The molecule has 0 N–H and O–H groups in total. The standard InChI is InChI=1S/C21H28O3/c1-20-7-5-14(22)11-13(20)3-4-15-16(20)6-8-21(2)17(15)9-12-10-18(23)24-19(12)21/h11-12,15-17,19H,3-10H2,1-2H3/t12-,15-,16+,17+,19+,20+,21+/m1/s1. The Morgan fingerprint density at radius 1 is 1.08 bits per heavy atom. The lowest BCUT2D eigenvalue weighted by molar-refractivity contribution is -0.151. The Morgan fingerprint density at radius 2 is 1.92 bits per heavy atom. The van der Waals surface area contributed by atoms with Gasteiger partial charge in [-0.25, -0.2) is 0 Å². The van der Waals surface area contributed by atoms with Crippen LogP contribution in [-0.2, 0) is 14.3 Å². The van der Waals surface area contributed by atoms with Gasteiger partial charge in [-0.05, 0) is 67.8 Å². The number of esters is 1. The minimum atomic E-state index is 0.0263. The quantitative estimate of drug-likeness (QED) is 0.630. The molecule has 24 heavy (non-hydrogen) atoms. The predicted molar refractivity (Wildman–Crippen MR) is 90.1 cm³/mol. The second kappa shape index (κ2) is 4.74. The molecule has 130 valence electrons. The third kappa shape index (κ3) is 1.79. The van der Waals surface area contributed by atoms with Crippen LogP contribution in [0.25, 0.3) is 0 Å². The fourth-order valence-corrected chi connectivity index (χ4v) is 7.52. The summed E-state index contributed by atoms with van der Waals surface area (Å²) in [6, 6.07) is 0. The van der Waals surface area contributed by atoms with Crippen molar-refractivity contribution in [1.29, 1.82) is 0 Å². The zero-order chi connectivity index (χ0) is 16.7. The average molecular weight is 328 g/mol. The minimum Gasteiger partial charge on any atom is -0.461 e. The molecule has 7 atom stereocenters. The van der Waals surface area contributed by atoms with Crippen molar-refractivity contribution in [3.05, 3.63) is 11.6 Å². The third-order valence-corrected chi connectivity index (χ3v) is 8.72. The van der Waals surface area contributed by atoms with Crippen LogP contribution in [0.4, 0.5) is 0 Å². The Kier molecular flexibility index (Phi) is 2.99. The van der Waals surface area contributed by atoms with E-state index < -0.39 is 0 Å². The lowest BCUT2D eigenvalue weighted by Crippen LogP contribution is -2.51. The molecule has 5 rings (SSSR count). The molecule has 3 heteroatoms. The highest BCUT2D eigenvalue weighted by Gasteiger charge is 2.64. The Morgan fingerprint density at radius 3 is 2.75 bits per heavy atom. The molecule has 4 fully saturated rings. The van der Waals surface area contributed by atoms with Gasteiger partial charge in [0.05, 0.1) is 6.42 Å². The molecular formula is C21H28O3. The highest BCUT2D eigenvalue weighted by molar-refractivity contribution is 5.91. The topological polar surface area (TPSA) is 43.4 Å². The smallest absolute Gasteiger partial charge is 0.306 e. The number of rotatable bonds is 0. The van der Waals surface area contributed by atoms with Crippen LogP contribution >= 0.6 is 0 Å². The monoisotopic (exact) mass is 328 g/mol. The molecule has 1 heterocycles. The number of ether oxygens (including phenoxy) is 1. The van der Waals surface area contributed by atoms with E-state index >= 15 is 0 Å². The number of allylic oxidation sites excluding steroid dienone is 1. The summed E-state index contributed by atoms with van der Waals surface area (Å²) in [7, 11) is 0. The van der Waals surface area contributed by atoms with Crippen molar-refractivity contribution in [2.75, 3.05) is 0 Å². The van der Waals surface area contributed by atoms with Gasteiger partial charge in [-0.1, -0.05) is 19.4 Å². The van der Waals surface area contributed by atoms with Crippen molar-refractivity contribution < 1.29 is 14.3 Å². The Hall–Kier alpha value is -1.12. The molecule has 0 aromatic carbocycles. The molecule has 3 saturated carbocycles. The molecule has 0 amide bonds. The first-order valence-electron chi connectivity index (χ1n) is 9.85. The summed E-state index contributed by atoms with van der Waals surface area (Å²) in [5, 5.41) is 0. The molecule has 3 nitrogen and oxygen atoms in total. The van der Waals surface area contributed by atoms with Gasteiger partial charge in [0.25, 0.3) is 0 Å². The lowest BCUT2D eigenvalue weighted by atomic mass is 9.47. The molecule has 0 aromatic rings. The number of ketones is 1. The van der Waals surface area contributed by atoms with Gasteiger partial charge >= 0.3 is 5.97 Å². The highest BCUT2D eigenvalue weighted by atomic mass is 16.6. The summed E-state index contributed by atoms with van der Waals surface area (Å²) in [5.41, 5.74) is 1.88. The van der Waals surface area contributed by atoms with E-state index in [1.165, 1.54) is 31.3 Å². The summed E-state index contributed by atoms with van der Waals surface area (Å²) in [5.74, 6) is 3.00. The maximum Gasteiger partial charge on any atom is 0.306 e. The van der Waals surface area contributed by atoms with Crippen molar-refractivity contribution in [3.8, 4) is 0 Å². The molecule has 0 bridgehead atoms. The van der Waals surface area contributed by atoms with E-state index in [1.807, 2.05) is 6.08 Å². The molecule has 0 unspecified atom stereocenters. The molecule has 0 spiro atoms. The van der Waals surface area contributed by atoms with Crippen LogP contribution in [0.15, 0.2) is 11.6 Å². The first-order valence-corrected chi connectivity index (χ1v) is 9.85. The summed E-state index contributed by atoms with van der Waals surface area (Å²) in [6.07, 6.45) is 10.5. The van der Waals surface area contributed by atoms with E-state index in [0.29, 0.717) is 24.0 Å². The lowest BCUT2D eigenvalue weighted by Gasteiger charge is -2.57. The van der Waals surface area contributed by atoms with Gasteiger partial charge in [0, 0.05) is 17.8 Å². The van der Waals surface area contributed by atoms with Gasteiger partial charge in [0.2, 0.25) is 0 Å². The zero-order valence-electron chi connectivity index (χ0n) is 14.8. The molecule has 0 aromatic heterocycles. The fourth-order valence-electron chi connectivity index (χ4n) is 7.52. The zero-order valence-corrected chi connectivity index (χ0v) is 14.8. The van der Waals surface area contributed by atoms with Gasteiger partial charge in [0.15, 0.2) is 5.78 Å². The van der Waals surface area contributed by atoms with Crippen LogP contribution in [0.5, 0.6) is 0 Å². The van der Waals surface area contributed by atoms with Crippen LogP contribution in [0.3, 0.4) is 0 Å². The second-order valence-electron chi connectivity index (χ2n) is 9.62. The Bertz CT molecular complexity index is 649. The van der Waals surface area contributed by atoms with Crippen molar-refractivity contribution in [2.24, 2.45) is 34.5 Å². The number of hydrogen-bond acceptors (Lipinski definition) is 3. The van der Waals surface area contributed by atoms with Crippen molar-refractivity contribution in [2.45, 2.75) is 71.3 Å². The van der Waals surface area contributed by atoms with Crippen LogP contribution in [0.2, 0.25) is 0 Å². The number of carbonyl (C=O) groups is 2. The van der Waals surface area contributed by atoms with E-state index in [2.05, 4.69) is 13.8 Å². The maximum absolute atomic E-state index is 11.9. The summed E-state index contributed by atoms with van der Waals surface area (Å²) in [6.45, 7) is 4.83. The SMILES string of the molecule is C[C@]12CC[C@H]3[C@@H](CCC4=CC(=O)CC[C@@]43C)[C@@H]1C[C@@H]1CC(=O)O[C@@H]12. The molecule has 4 aliphatic carbocycles. The van der Waals surface area contributed by atoms with Gasteiger partial charge in [-0.15, -0.1) is 0 Å². The Labute approximate surface area is 144 Å². The number of fused-ring (bicyclic) bond motifs is 7. The van der Waals surface area contributed by atoms with Gasteiger partial charge in [0.1, 0.15) is 6.10 Å². The summed E-state index contributed by atoms with van der Waals surface area (Å²) < 4.78 is 5.79. The van der Waals surface area contributed by atoms with E-state index in [1.54, 1.807) is 0 Å². The first kappa shape index (κ1) is 15.2. The van der Waals surface area contributed by atoms with Gasteiger partial charge in [-0.2, -0.15) is 0 Å². The maximum atomic E-state index is 11.9. The van der Waals surface area contributed by atoms with Crippen LogP contribution < -0.4 is 0 Å². The van der Waals surface area contributed by atoms with Crippen LogP contribution in [0.1, 0.15) is 65.2 Å². The molecule has 5 aliphatic rings. The fraction of sp³-hybridized carbons (Fsp3) is 0.810. The van der Waals surface area contributed by atoms with Gasteiger partial charge < -0.3 is 4.74 Å². The van der Waals surface area contributed by atoms with Crippen molar-refractivity contribution >= 4 is 11.8 Å². The van der Waals surface area contributed by atoms with Gasteiger partial charge in [-0.3, -0.25) is 9.59 Å². The molecule has 1 aliphatic heterocycles. The first-order chi connectivity index (χ1) is 11.4. The second-order valence-corrected chi connectivity index (χ2v) is 9.62. The number of hydrogen-bond donors (Lipinski definition) is 0. The van der Waals surface area contributed by atoms with E-state index in [4.69, 9.17) is 4.74 Å². The summed E-state index contributed by atoms with van der Waals surface area (Å²) in [4.78, 5) is 23.7. The normalized spacial score (nSPS) is 52.8.